The molecule has 5 atom stereocenters. The van der Waals surface area contributed by atoms with Crippen LogP contribution in [0.15, 0.2) is 25.3 Å². The molecule has 1 N–H and O–H groups in total. The third kappa shape index (κ3) is 4.67. The van der Waals surface area contributed by atoms with Gasteiger partial charge >= 0.3 is 0 Å². The molecule has 3 heterocycles. The number of amides is 3. The number of likely N-dealkylation sites (tertiary alicyclic amines) is 1. The number of hydrogen-bond donors (Lipinski definition) is 1. The zero-order valence-corrected chi connectivity index (χ0v) is 21.7. The standard InChI is InChI=1S/C27H43N3O5/c1-6-10-11-17-29(16-9-4)25(34)22-27-13-12-26(5,35-27)20(21(27)24(33)30(22)18-19-31)23(32)28(14-7-2)15-8-3/h7,9,20-22,31H,2,4,6,8,10-19H2,1,3,5H3/t20-,21-,22?,26+,27?/m0/s1. The van der Waals surface area contributed by atoms with E-state index in [-0.39, 0.29) is 30.9 Å². The predicted molar refractivity (Wildman–Crippen MR) is 134 cm³/mol. The van der Waals surface area contributed by atoms with E-state index in [0.29, 0.717) is 39.0 Å². The highest BCUT2D eigenvalue weighted by Crippen LogP contribution is 2.63. The zero-order chi connectivity index (χ0) is 25.8. The molecule has 3 saturated heterocycles. The summed E-state index contributed by atoms with van der Waals surface area (Å²) in [4.78, 5) is 46.7. The van der Waals surface area contributed by atoms with Gasteiger partial charge in [0.1, 0.15) is 11.6 Å². The maximum Gasteiger partial charge on any atom is 0.248 e. The average molecular weight is 490 g/mol. The fourth-order valence-electron chi connectivity index (χ4n) is 6.52. The first-order valence-electron chi connectivity index (χ1n) is 13.2. The van der Waals surface area contributed by atoms with E-state index in [0.717, 1.165) is 25.7 Å². The van der Waals surface area contributed by atoms with E-state index in [1.54, 1.807) is 22.0 Å². The fraction of sp³-hybridized carbons (Fsp3) is 0.741. The quantitative estimate of drug-likeness (QED) is 0.299. The van der Waals surface area contributed by atoms with Crippen molar-refractivity contribution in [3.63, 3.8) is 0 Å². The molecule has 2 bridgehead atoms. The summed E-state index contributed by atoms with van der Waals surface area (Å²) in [7, 11) is 0. The molecule has 0 aromatic heterocycles. The van der Waals surface area contributed by atoms with Crippen LogP contribution in [0.25, 0.3) is 0 Å². The molecule has 2 unspecified atom stereocenters. The fourth-order valence-corrected chi connectivity index (χ4v) is 6.52. The highest BCUT2D eigenvalue weighted by atomic mass is 16.5. The van der Waals surface area contributed by atoms with Gasteiger partial charge in [0.05, 0.1) is 24.0 Å². The first kappa shape index (κ1) is 27.4. The number of ether oxygens (including phenoxy) is 1. The highest BCUT2D eigenvalue weighted by molar-refractivity contribution is 5.99. The van der Waals surface area contributed by atoms with E-state index in [9.17, 15) is 19.5 Å². The van der Waals surface area contributed by atoms with E-state index in [2.05, 4.69) is 20.1 Å². The summed E-state index contributed by atoms with van der Waals surface area (Å²) in [5.74, 6) is -1.96. The van der Waals surface area contributed by atoms with Gasteiger partial charge in [-0.3, -0.25) is 14.4 Å². The number of rotatable bonds is 14. The van der Waals surface area contributed by atoms with Gasteiger partial charge in [-0.1, -0.05) is 38.8 Å². The smallest absolute Gasteiger partial charge is 0.248 e. The number of aliphatic hydroxyl groups excluding tert-OH is 1. The summed E-state index contributed by atoms with van der Waals surface area (Å²) in [6.45, 7) is 15.3. The number of unbranched alkanes of at least 4 members (excludes halogenated alkanes) is 2. The number of nitrogens with zero attached hydrogens (tertiary/aromatic N) is 3. The lowest BCUT2D eigenvalue weighted by molar-refractivity contribution is -0.153. The summed E-state index contributed by atoms with van der Waals surface area (Å²) in [5.41, 5.74) is -1.87. The third-order valence-electron chi connectivity index (χ3n) is 7.96. The lowest BCUT2D eigenvalue weighted by atomic mass is 9.66. The first-order chi connectivity index (χ1) is 16.8. The summed E-state index contributed by atoms with van der Waals surface area (Å²) >= 11 is 0. The molecule has 35 heavy (non-hydrogen) atoms. The molecule has 0 radical (unpaired) electrons. The van der Waals surface area contributed by atoms with Gasteiger partial charge in [-0.15, -0.1) is 13.2 Å². The highest BCUT2D eigenvalue weighted by Gasteiger charge is 2.78. The SMILES string of the molecule is C=CCN(CCCCC)C(=O)C1N(CCO)C(=O)[C@@H]2[C@@H](C(=O)N(CC=C)CCC)[C@@]3(C)CCC12O3. The van der Waals surface area contributed by atoms with Gasteiger partial charge in [-0.05, 0) is 32.6 Å². The van der Waals surface area contributed by atoms with Crippen molar-refractivity contribution < 1.29 is 24.2 Å². The van der Waals surface area contributed by atoms with E-state index in [1.165, 1.54) is 4.90 Å². The minimum absolute atomic E-state index is 0.0384. The number of hydrogen-bond acceptors (Lipinski definition) is 5. The summed E-state index contributed by atoms with van der Waals surface area (Å²) in [6.07, 6.45) is 8.23. The van der Waals surface area contributed by atoms with Crippen molar-refractivity contribution in [2.45, 2.75) is 76.5 Å². The second-order valence-electron chi connectivity index (χ2n) is 10.3. The Bertz CT molecular complexity index is 832. The molecule has 8 heteroatoms. The Morgan fingerprint density at radius 2 is 1.74 bits per heavy atom. The first-order valence-corrected chi connectivity index (χ1v) is 13.2. The van der Waals surface area contributed by atoms with Gasteiger partial charge in [0.2, 0.25) is 17.7 Å². The van der Waals surface area contributed by atoms with Crippen LogP contribution in [0.3, 0.4) is 0 Å². The van der Waals surface area contributed by atoms with Crippen LogP contribution in [-0.4, -0.2) is 94.1 Å². The van der Waals surface area contributed by atoms with Crippen molar-refractivity contribution in [2.24, 2.45) is 11.8 Å². The van der Waals surface area contributed by atoms with Gasteiger partial charge in [-0.25, -0.2) is 0 Å². The van der Waals surface area contributed by atoms with E-state index < -0.39 is 29.1 Å². The second-order valence-corrected chi connectivity index (χ2v) is 10.3. The summed E-state index contributed by atoms with van der Waals surface area (Å²) in [6, 6.07) is -0.854. The minimum atomic E-state index is -1.06. The Kier molecular flexibility index (Phi) is 8.81. The van der Waals surface area contributed by atoms with Crippen molar-refractivity contribution in [3.8, 4) is 0 Å². The van der Waals surface area contributed by atoms with E-state index in [4.69, 9.17) is 4.74 Å². The molecule has 0 saturated carbocycles. The molecule has 3 amide bonds. The molecule has 3 rings (SSSR count). The van der Waals surface area contributed by atoms with Crippen LogP contribution in [0.4, 0.5) is 0 Å². The van der Waals surface area contributed by atoms with Crippen molar-refractivity contribution in [2.75, 3.05) is 39.3 Å². The van der Waals surface area contributed by atoms with Gasteiger partial charge in [0.15, 0.2) is 0 Å². The Hall–Kier alpha value is -2.19. The van der Waals surface area contributed by atoms with Gasteiger partial charge in [0.25, 0.3) is 0 Å². The molecule has 0 aromatic rings. The van der Waals surface area contributed by atoms with Gasteiger partial charge < -0.3 is 24.5 Å². The largest absolute Gasteiger partial charge is 0.395 e. The van der Waals surface area contributed by atoms with Crippen molar-refractivity contribution in [1.29, 1.82) is 0 Å². The van der Waals surface area contributed by atoms with Crippen molar-refractivity contribution in [3.05, 3.63) is 25.3 Å². The number of aliphatic hydroxyl groups is 1. The molecule has 0 aromatic carbocycles. The summed E-state index contributed by atoms with van der Waals surface area (Å²) in [5, 5.41) is 9.78. The van der Waals surface area contributed by atoms with Crippen LogP contribution in [0.5, 0.6) is 0 Å². The molecular formula is C27H43N3O5. The molecule has 3 aliphatic rings. The number of fused-ring (bicyclic) bond motifs is 1. The number of carbonyl (C=O) groups is 3. The molecule has 8 nitrogen and oxygen atoms in total. The third-order valence-corrected chi connectivity index (χ3v) is 7.96. The Morgan fingerprint density at radius 3 is 2.31 bits per heavy atom. The monoisotopic (exact) mass is 489 g/mol. The Balaban J connectivity index is 2.01. The van der Waals surface area contributed by atoms with E-state index in [1.807, 2.05) is 13.8 Å². The predicted octanol–water partition coefficient (Wildman–Crippen LogP) is 2.37. The van der Waals surface area contributed by atoms with Crippen molar-refractivity contribution in [1.82, 2.24) is 14.7 Å². The second kappa shape index (κ2) is 11.2. The van der Waals surface area contributed by atoms with Crippen molar-refractivity contribution >= 4 is 17.7 Å². The minimum Gasteiger partial charge on any atom is -0.395 e. The normalized spacial score (nSPS) is 30.9. The van der Waals surface area contributed by atoms with E-state index >= 15 is 0 Å². The average Bonchev–Trinajstić information content (AvgIpc) is 3.39. The molecule has 0 aliphatic carbocycles. The van der Waals surface area contributed by atoms with Crippen LogP contribution in [0, 0.1) is 11.8 Å². The van der Waals surface area contributed by atoms with Gasteiger partial charge in [-0.2, -0.15) is 0 Å². The molecule has 3 fully saturated rings. The molecule has 3 aliphatic heterocycles. The molecule has 1 spiro atoms. The maximum absolute atomic E-state index is 14.0. The lowest BCUT2D eigenvalue weighted by Gasteiger charge is -2.36. The Labute approximate surface area is 210 Å². The van der Waals surface area contributed by atoms with Crippen LogP contribution in [0.1, 0.15) is 59.3 Å². The van der Waals surface area contributed by atoms with Crippen LogP contribution < -0.4 is 0 Å². The Morgan fingerprint density at radius 1 is 1.09 bits per heavy atom. The van der Waals surface area contributed by atoms with Gasteiger partial charge in [0, 0.05) is 32.7 Å². The number of carbonyl (C=O) groups excluding carboxylic acids is 3. The maximum atomic E-state index is 14.0. The van der Waals surface area contributed by atoms with Crippen LogP contribution >= 0.6 is 0 Å². The van der Waals surface area contributed by atoms with Crippen LogP contribution in [0.2, 0.25) is 0 Å². The zero-order valence-electron chi connectivity index (χ0n) is 21.7. The number of β-amino-alcohol motifs (C(OH)–C–C–N with tert-alkyl or cyclic N) is 1. The van der Waals surface area contributed by atoms with Crippen LogP contribution in [-0.2, 0) is 19.1 Å². The lowest BCUT2D eigenvalue weighted by Crippen LogP contribution is -2.56. The summed E-state index contributed by atoms with van der Waals surface area (Å²) < 4.78 is 6.66. The molecule has 196 valence electrons. The molecular weight excluding hydrogens is 446 g/mol. The topological polar surface area (TPSA) is 90.4 Å².